The third kappa shape index (κ3) is 3.87. The molecule has 2 bridgehead atoms. The monoisotopic (exact) mass is 298 g/mol. The molecule has 2 aliphatic rings. The SMILES string of the molecule is CCC1CC2CC(CCCO[N+](=O)[O-])(C1)CC(N)C2CC. The van der Waals surface area contributed by atoms with Crippen molar-refractivity contribution in [3.05, 3.63) is 10.1 Å². The molecule has 5 heteroatoms. The summed E-state index contributed by atoms with van der Waals surface area (Å²) < 4.78 is 0. The zero-order chi connectivity index (χ0) is 15.5. The minimum Gasteiger partial charge on any atom is -0.327 e. The summed E-state index contributed by atoms with van der Waals surface area (Å²) >= 11 is 0. The number of rotatable bonds is 7. The van der Waals surface area contributed by atoms with Crippen LogP contribution in [0.15, 0.2) is 0 Å². The van der Waals surface area contributed by atoms with Gasteiger partial charge in [-0.15, -0.1) is 10.1 Å². The van der Waals surface area contributed by atoms with Crippen molar-refractivity contribution in [2.45, 2.75) is 71.3 Å². The van der Waals surface area contributed by atoms with E-state index >= 15 is 0 Å². The fraction of sp³-hybridized carbons (Fsp3) is 1.00. The molecule has 2 aliphatic carbocycles. The van der Waals surface area contributed by atoms with Gasteiger partial charge < -0.3 is 10.6 Å². The molecular formula is C16H30N2O3. The zero-order valence-corrected chi connectivity index (χ0v) is 13.4. The Kier molecular flexibility index (Phi) is 5.47. The molecule has 0 aromatic carbocycles. The van der Waals surface area contributed by atoms with Gasteiger partial charge in [0.25, 0.3) is 5.09 Å². The molecular weight excluding hydrogens is 268 g/mol. The fourth-order valence-electron chi connectivity index (χ4n) is 5.18. The van der Waals surface area contributed by atoms with Gasteiger partial charge >= 0.3 is 0 Å². The van der Waals surface area contributed by atoms with Gasteiger partial charge in [-0.1, -0.05) is 26.7 Å². The van der Waals surface area contributed by atoms with Gasteiger partial charge in [-0.3, -0.25) is 0 Å². The summed E-state index contributed by atoms with van der Waals surface area (Å²) in [4.78, 5) is 14.7. The summed E-state index contributed by atoms with van der Waals surface area (Å²) in [7, 11) is 0. The quantitative estimate of drug-likeness (QED) is 0.443. The maximum Gasteiger partial charge on any atom is 0.294 e. The molecule has 2 N–H and O–H groups in total. The molecule has 5 atom stereocenters. The number of nitrogens with two attached hydrogens (primary N) is 1. The van der Waals surface area contributed by atoms with Crippen LogP contribution in [-0.2, 0) is 4.84 Å². The van der Waals surface area contributed by atoms with Crippen LogP contribution in [0.4, 0.5) is 0 Å². The Bertz CT molecular complexity index is 359. The lowest BCUT2D eigenvalue weighted by Gasteiger charge is -2.54. The van der Waals surface area contributed by atoms with Gasteiger partial charge in [-0.25, -0.2) is 0 Å². The summed E-state index contributed by atoms with van der Waals surface area (Å²) in [6, 6.07) is 0.308. The van der Waals surface area contributed by atoms with Gasteiger partial charge in [0.1, 0.15) is 0 Å². The van der Waals surface area contributed by atoms with E-state index in [9.17, 15) is 10.1 Å². The Morgan fingerprint density at radius 1 is 1.29 bits per heavy atom. The molecule has 2 rings (SSSR count). The van der Waals surface area contributed by atoms with Crippen LogP contribution in [-0.4, -0.2) is 17.7 Å². The highest BCUT2D eigenvalue weighted by molar-refractivity contribution is 5.00. The van der Waals surface area contributed by atoms with E-state index in [1.807, 2.05) is 0 Å². The summed E-state index contributed by atoms with van der Waals surface area (Å²) in [5.74, 6) is 2.23. The van der Waals surface area contributed by atoms with Crippen molar-refractivity contribution in [1.29, 1.82) is 0 Å². The average Bonchev–Trinajstić information content (AvgIpc) is 2.43. The first-order valence-electron chi connectivity index (χ1n) is 8.52. The highest BCUT2D eigenvalue weighted by Gasteiger charge is 2.48. The summed E-state index contributed by atoms with van der Waals surface area (Å²) in [6.07, 6.45) is 9.17. The van der Waals surface area contributed by atoms with Crippen LogP contribution in [0.3, 0.4) is 0 Å². The molecule has 0 aromatic heterocycles. The Balaban J connectivity index is 1.99. The molecule has 122 valence electrons. The van der Waals surface area contributed by atoms with E-state index in [-0.39, 0.29) is 6.61 Å². The minimum absolute atomic E-state index is 0.225. The first-order chi connectivity index (χ1) is 9.99. The molecule has 0 spiro atoms. The molecule has 0 heterocycles. The van der Waals surface area contributed by atoms with E-state index in [1.54, 1.807) is 0 Å². The smallest absolute Gasteiger partial charge is 0.294 e. The van der Waals surface area contributed by atoms with Gasteiger partial charge in [0.2, 0.25) is 0 Å². The predicted octanol–water partition coefficient (Wildman–Crippen LogP) is 3.54. The molecule has 2 saturated carbocycles. The Morgan fingerprint density at radius 3 is 2.67 bits per heavy atom. The number of nitrogens with zero attached hydrogens (tertiary/aromatic N) is 1. The van der Waals surface area contributed by atoms with Crippen LogP contribution in [0.25, 0.3) is 0 Å². The lowest BCUT2D eigenvalue weighted by molar-refractivity contribution is -0.757. The van der Waals surface area contributed by atoms with E-state index in [0.717, 1.165) is 31.1 Å². The third-order valence-corrected chi connectivity index (χ3v) is 5.97. The first-order valence-corrected chi connectivity index (χ1v) is 8.52. The minimum atomic E-state index is -0.685. The molecule has 5 nitrogen and oxygen atoms in total. The van der Waals surface area contributed by atoms with E-state index in [4.69, 9.17) is 5.73 Å². The largest absolute Gasteiger partial charge is 0.327 e. The fourth-order valence-corrected chi connectivity index (χ4v) is 5.18. The van der Waals surface area contributed by atoms with Crippen LogP contribution in [0, 0.1) is 33.3 Å². The summed E-state index contributed by atoms with van der Waals surface area (Å²) in [5, 5.41) is 9.57. The van der Waals surface area contributed by atoms with Crippen molar-refractivity contribution in [2.75, 3.05) is 6.61 Å². The topological polar surface area (TPSA) is 78.4 Å². The lowest BCUT2D eigenvalue weighted by atomic mass is 9.52. The number of hydrogen-bond acceptors (Lipinski definition) is 4. The van der Waals surface area contributed by atoms with Gasteiger partial charge in [0.05, 0.1) is 6.61 Å². The maximum atomic E-state index is 10.3. The zero-order valence-electron chi connectivity index (χ0n) is 13.4. The lowest BCUT2D eigenvalue weighted by Crippen LogP contribution is -2.50. The Labute approximate surface area is 127 Å². The van der Waals surface area contributed by atoms with Crippen LogP contribution in [0.5, 0.6) is 0 Å². The van der Waals surface area contributed by atoms with Gasteiger partial charge in [0.15, 0.2) is 0 Å². The van der Waals surface area contributed by atoms with E-state index < -0.39 is 5.09 Å². The normalized spacial score (nSPS) is 39.0. The van der Waals surface area contributed by atoms with Gasteiger partial charge in [-0.05, 0) is 61.7 Å². The first kappa shape index (κ1) is 16.5. The second kappa shape index (κ2) is 6.95. The van der Waals surface area contributed by atoms with E-state index in [0.29, 0.717) is 17.4 Å². The Hall–Kier alpha value is -0.840. The molecule has 5 unspecified atom stereocenters. The van der Waals surface area contributed by atoms with Crippen molar-refractivity contribution in [1.82, 2.24) is 0 Å². The second-order valence-electron chi connectivity index (χ2n) is 7.28. The molecule has 0 amide bonds. The second-order valence-corrected chi connectivity index (χ2v) is 7.28. The standard InChI is InChI=1S/C16H30N2O3/c1-3-12-8-13-10-16(9-12,6-5-7-21-18(19)20)11-15(17)14(13)4-2/h12-15H,3-11,17H2,1-2H3. The van der Waals surface area contributed by atoms with Crippen molar-refractivity contribution in [3.63, 3.8) is 0 Å². The van der Waals surface area contributed by atoms with Gasteiger partial charge in [0, 0.05) is 6.04 Å². The van der Waals surface area contributed by atoms with Crippen molar-refractivity contribution >= 4 is 0 Å². The van der Waals surface area contributed by atoms with Gasteiger partial charge in [-0.2, -0.15) is 0 Å². The number of fused-ring (bicyclic) bond motifs is 2. The van der Waals surface area contributed by atoms with Crippen molar-refractivity contribution < 1.29 is 9.92 Å². The highest BCUT2D eigenvalue weighted by atomic mass is 16.9. The average molecular weight is 298 g/mol. The highest BCUT2D eigenvalue weighted by Crippen LogP contribution is 2.56. The molecule has 21 heavy (non-hydrogen) atoms. The van der Waals surface area contributed by atoms with Crippen LogP contribution >= 0.6 is 0 Å². The van der Waals surface area contributed by atoms with Crippen LogP contribution in [0.2, 0.25) is 0 Å². The number of hydrogen-bond donors (Lipinski definition) is 1. The van der Waals surface area contributed by atoms with Crippen molar-refractivity contribution in [3.8, 4) is 0 Å². The van der Waals surface area contributed by atoms with Crippen LogP contribution in [0.1, 0.15) is 65.2 Å². The van der Waals surface area contributed by atoms with E-state index in [2.05, 4.69) is 18.7 Å². The summed E-state index contributed by atoms with van der Waals surface area (Å²) in [5.41, 5.74) is 6.78. The predicted molar refractivity (Wildman–Crippen MR) is 82.1 cm³/mol. The Morgan fingerprint density at radius 2 is 2.05 bits per heavy atom. The van der Waals surface area contributed by atoms with Crippen molar-refractivity contribution in [2.24, 2.45) is 28.9 Å². The molecule has 0 radical (unpaired) electrons. The van der Waals surface area contributed by atoms with Crippen LogP contribution < -0.4 is 5.73 Å². The maximum absolute atomic E-state index is 10.3. The third-order valence-electron chi connectivity index (χ3n) is 5.97. The molecule has 2 fully saturated rings. The molecule has 0 aromatic rings. The summed E-state index contributed by atoms with van der Waals surface area (Å²) in [6.45, 7) is 4.77. The molecule has 0 saturated heterocycles. The van der Waals surface area contributed by atoms with E-state index in [1.165, 1.54) is 32.1 Å². The molecule has 0 aliphatic heterocycles.